The van der Waals surface area contributed by atoms with Gasteiger partial charge in [-0.2, -0.15) is 0 Å². The second-order valence-corrected chi connectivity index (χ2v) is 9.18. The largest absolute Gasteiger partial charge is 0.463 e. The van der Waals surface area contributed by atoms with E-state index in [1.807, 2.05) is 0 Å². The average Bonchev–Trinajstić information content (AvgIpc) is 2.90. The minimum Gasteiger partial charge on any atom is -0.463 e. The molecule has 222 valence electrons. The van der Waals surface area contributed by atoms with Crippen LogP contribution in [-0.2, 0) is 38.0 Å². The van der Waals surface area contributed by atoms with Crippen LogP contribution in [0.5, 0.6) is 0 Å². The molecule has 37 heavy (non-hydrogen) atoms. The maximum absolute atomic E-state index is 11.7. The van der Waals surface area contributed by atoms with E-state index in [0.717, 1.165) is 25.9 Å². The van der Waals surface area contributed by atoms with Crippen LogP contribution in [0.4, 0.5) is 0 Å². The summed E-state index contributed by atoms with van der Waals surface area (Å²) in [6.45, 7) is 11.4. The zero-order valence-electron chi connectivity index (χ0n) is 24.2. The van der Waals surface area contributed by atoms with E-state index in [4.69, 9.17) is 33.2 Å². The molecule has 0 bridgehead atoms. The molecule has 0 saturated heterocycles. The lowest BCUT2D eigenvalue weighted by Crippen LogP contribution is -2.15. The summed E-state index contributed by atoms with van der Waals surface area (Å²) >= 11 is 0. The monoisotopic (exact) mass is 534 g/mol. The van der Waals surface area contributed by atoms with Gasteiger partial charge < -0.3 is 33.2 Å². The highest BCUT2D eigenvalue weighted by Crippen LogP contribution is 2.10. The summed E-state index contributed by atoms with van der Waals surface area (Å²) in [6.07, 6.45) is 15.2. The van der Waals surface area contributed by atoms with Crippen molar-refractivity contribution in [3.05, 3.63) is 0 Å². The van der Waals surface area contributed by atoms with E-state index >= 15 is 0 Å². The lowest BCUT2D eigenvalue weighted by Gasteiger charge is -2.08. The summed E-state index contributed by atoms with van der Waals surface area (Å²) in [5.74, 6) is -0.126. The predicted octanol–water partition coefficient (Wildman–Crippen LogP) is 5.74. The van der Waals surface area contributed by atoms with Gasteiger partial charge in [-0.3, -0.25) is 4.79 Å². The van der Waals surface area contributed by atoms with Crippen LogP contribution >= 0.6 is 0 Å². The lowest BCUT2D eigenvalue weighted by molar-refractivity contribution is -0.145. The first-order valence-corrected chi connectivity index (χ1v) is 14.9. The molecule has 0 atom stereocenters. The highest BCUT2D eigenvalue weighted by atomic mass is 16.6. The number of hydrogen-bond donors (Lipinski definition) is 0. The first-order chi connectivity index (χ1) is 18.3. The van der Waals surface area contributed by atoms with Gasteiger partial charge in [0.05, 0.1) is 72.7 Å². The molecule has 0 aromatic rings. The summed E-state index contributed by atoms with van der Waals surface area (Å²) in [6, 6.07) is 0. The topological polar surface area (TPSA) is 81.7 Å². The van der Waals surface area contributed by atoms with Crippen molar-refractivity contribution in [2.24, 2.45) is 0 Å². The van der Waals surface area contributed by atoms with Crippen LogP contribution in [0.3, 0.4) is 0 Å². The molecule has 0 fully saturated rings. The van der Waals surface area contributed by atoms with Crippen molar-refractivity contribution in [2.45, 2.75) is 97.3 Å². The molecule has 0 aromatic carbocycles. The lowest BCUT2D eigenvalue weighted by atomic mass is 10.1. The fraction of sp³-hybridized carbons (Fsp3) is 0.966. The molecule has 0 heterocycles. The third-order valence-corrected chi connectivity index (χ3v) is 5.73. The van der Waals surface area contributed by atoms with Gasteiger partial charge in [0.25, 0.3) is 0 Å². The molecule has 8 heteroatoms. The van der Waals surface area contributed by atoms with Gasteiger partial charge in [0, 0.05) is 13.0 Å². The maximum Gasteiger partial charge on any atom is 0.305 e. The Kier molecular flexibility index (Phi) is 32.6. The molecule has 0 radical (unpaired) electrons. The molecule has 0 spiro atoms. The number of esters is 1. The molecule has 8 nitrogen and oxygen atoms in total. The van der Waals surface area contributed by atoms with Crippen molar-refractivity contribution < 1.29 is 38.0 Å². The van der Waals surface area contributed by atoms with Crippen molar-refractivity contribution in [1.29, 1.82) is 0 Å². The van der Waals surface area contributed by atoms with Crippen LogP contribution in [0.15, 0.2) is 0 Å². The van der Waals surface area contributed by atoms with Gasteiger partial charge in [0.15, 0.2) is 0 Å². The Hall–Kier alpha value is -0.770. The quantitative estimate of drug-likeness (QED) is 0.0798. The predicted molar refractivity (Wildman–Crippen MR) is 147 cm³/mol. The zero-order chi connectivity index (χ0) is 26.9. The van der Waals surface area contributed by atoms with E-state index in [0.29, 0.717) is 85.7 Å². The van der Waals surface area contributed by atoms with Crippen LogP contribution in [0, 0.1) is 0 Å². The zero-order valence-corrected chi connectivity index (χ0v) is 24.2. The molecule has 0 aliphatic rings. The Morgan fingerprint density at radius 1 is 0.378 bits per heavy atom. The summed E-state index contributed by atoms with van der Waals surface area (Å²) in [5, 5.41) is 0. The normalized spacial score (nSPS) is 11.3. The summed E-state index contributed by atoms with van der Waals surface area (Å²) in [5.41, 5.74) is 0. The van der Waals surface area contributed by atoms with Gasteiger partial charge in [0.1, 0.15) is 6.61 Å². The fourth-order valence-electron chi connectivity index (χ4n) is 3.52. The standard InChI is InChI=1S/C29H58O8/c1-3-5-7-8-9-10-11-12-13-15-29(30)37-28-27-36-26-25-35-24-23-34-22-21-33-20-19-32-18-17-31-16-14-6-4-2/h3-28H2,1-2H3. The number of ether oxygens (including phenoxy) is 7. The van der Waals surface area contributed by atoms with Gasteiger partial charge in [-0.05, 0) is 12.8 Å². The maximum atomic E-state index is 11.7. The van der Waals surface area contributed by atoms with E-state index < -0.39 is 0 Å². The van der Waals surface area contributed by atoms with Gasteiger partial charge in [-0.15, -0.1) is 0 Å². The smallest absolute Gasteiger partial charge is 0.305 e. The molecule has 0 N–H and O–H groups in total. The first-order valence-electron chi connectivity index (χ1n) is 14.9. The number of unbranched alkanes of at least 4 members (excludes halogenated alkanes) is 10. The van der Waals surface area contributed by atoms with Crippen molar-refractivity contribution in [2.75, 3.05) is 85.9 Å². The summed E-state index contributed by atoms with van der Waals surface area (Å²) < 4.78 is 37.9. The third kappa shape index (κ3) is 33.2. The average molecular weight is 535 g/mol. The number of carbonyl (C=O) groups is 1. The molecular weight excluding hydrogens is 476 g/mol. The Morgan fingerprint density at radius 3 is 1.14 bits per heavy atom. The van der Waals surface area contributed by atoms with E-state index in [1.165, 1.54) is 57.8 Å². The third-order valence-electron chi connectivity index (χ3n) is 5.73. The summed E-state index contributed by atoms with van der Waals surface area (Å²) in [7, 11) is 0. The number of rotatable bonds is 32. The van der Waals surface area contributed by atoms with E-state index in [1.54, 1.807) is 0 Å². The van der Waals surface area contributed by atoms with Crippen molar-refractivity contribution in [3.8, 4) is 0 Å². The van der Waals surface area contributed by atoms with Crippen LogP contribution in [0.25, 0.3) is 0 Å². The van der Waals surface area contributed by atoms with E-state index in [-0.39, 0.29) is 5.97 Å². The van der Waals surface area contributed by atoms with Crippen molar-refractivity contribution in [1.82, 2.24) is 0 Å². The minimum atomic E-state index is -0.126. The van der Waals surface area contributed by atoms with Crippen LogP contribution in [-0.4, -0.2) is 91.9 Å². The van der Waals surface area contributed by atoms with Gasteiger partial charge >= 0.3 is 5.97 Å². The molecule has 0 aromatic heterocycles. The van der Waals surface area contributed by atoms with Crippen molar-refractivity contribution in [3.63, 3.8) is 0 Å². The highest BCUT2D eigenvalue weighted by molar-refractivity contribution is 5.69. The Labute approximate surface area is 227 Å². The molecule has 0 aliphatic carbocycles. The SMILES string of the molecule is CCCCCCCCCCCC(=O)OCCOCCOCCOCCOCCOCCOCCCCC. The summed E-state index contributed by atoms with van der Waals surface area (Å²) in [4.78, 5) is 11.7. The molecule has 0 unspecified atom stereocenters. The van der Waals surface area contributed by atoms with Crippen molar-refractivity contribution >= 4 is 5.97 Å². The Balaban J connectivity index is 3.11. The van der Waals surface area contributed by atoms with Gasteiger partial charge in [-0.25, -0.2) is 0 Å². The minimum absolute atomic E-state index is 0.126. The van der Waals surface area contributed by atoms with Crippen LogP contribution in [0.1, 0.15) is 97.3 Å². The van der Waals surface area contributed by atoms with Gasteiger partial charge in [-0.1, -0.05) is 78.1 Å². The first kappa shape index (κ1) is 36.2. The second-order valence-electron chi connectivity index (χ2n) is 9.18. The Morgan fingerprint density at radius 2 is 0.703 bits per heavy atom. The molecule has 0 aliphatic heterocycles. The molecule has 0 rings (SSSR count). The highest BCUT2D eigenvalue weighted by Gasteiger charge is 2.02. The van der Waals surface area contributed by atoms with Crippen LogP contribution in [0.2, 0.25) is 0 Å². The molecule has 0 amide bonds. The number of carbonyl (C=O) groups excluding carboxylic acids is 1. The Bertz CT molecular complexity index is 436. The molecular formula is C29H58O8. The van der Waals surface area contributed by atoms with Gasteiger partial charge in [0.2, 0.25) is 0 Å². The van der Waals surface area contributed by atoms with Crippen LogP contribution < -0.4 is 0 Å². The number of hydrogen-bond acceptors (Lipinski definition) is 8. The second kappa shape index (κ2) is 33.3. The molecule has 0 saturated carbocycles. The fourth-order valence-corrected chi connectivity index (χ4v) is 3.52. The van der Waals surface area contributed by atoms with E-state index in [9.17, 15) is 4.79 Å². The van der Waals surface area contributed by atoms with E-state index in [2.05, 4.69) is 13.8 Å².